The molecule has 3 heteroatoms. The molecule has 2 aromatic carbocycles. The summed E-state index contributed by atoms with van der Waals surface area (Å²) in [5.41, 5.74) is 1.79. The first-order valence-electron chi connectivity index (χ1n) is 5.74. The summed E-state index contributed by atoms with van der Waals surface area (Å²) in [6.45, 7) is 2.10. The zero-order valence-corrected chi connectivity index (χ0v) is 10.8. The molecule has 92 valence electrons. The molecular formula is C15H13ClO2. The number of benzene rings is 2. The average molecular weight is 261 g/mol. The van der Waals surface area contributed by atoms with E-state index in [9.17, 15) is 4.79 Å². The lowest BCUT2D eigenvalue weighted by molar-refractivity contribution is 0.112. The number of rotatable bonds is 4. The molecule has 18 heavy (non-hydrogen) atoms. The zero-order chi connectivity index (χ0) is 13.0. The summed E-state index contributed by atoms with van der Waals surface area (Å²) in [4.78, 5) is 10.6. The van der Waals surface area contributed by atoms with E-state index in [4.69, 9.17) is 16.3 Å². The van der Waals surface area contributed by atoms with E-state index >= 15 is 0 Å². The van der Waals surface area contributed by atoms with Crippen LogP contribution in [0.1, 0.15) is 22.8 Å². The van der Waals surface area contributed by atoms with Gasteiger partial charge < -0.3 is 4.74 Å². The average Bonchev–Trinajstić information content (AvgIpc) is 2.42. The third-order valence-electron chi connectivity index (χ3n) is 2.65. The molecule has 2 nitrogen and oxygen atoms in total. The number of hydrogen-bond acceptors (Lipinski definition) is 2. The number of halogens is 1. The fourth-order valence-electron chi connectivity index (χ4n) is 1.59. The van der Waals surface area contributed by atoms with Crippen LogP contribution in [-0.2, 0) is 6.42 Å². The minimum atomic E-state index is 0.430. The summed E-state index contributed by atoms with van der Waals surface area (Å²) in [5.74, 6) is 1.28. The summed E-state index contributed by atoms with van der Waals surface area (Å²) in [7, 11) is 0. The number of aryl methyl sites for hydroxylation is 1. The zero-order valence-electron chi connectivity index (χ0n) is 10.0. The summed E-state index contributed by atoms with van der Waals surface area (Å²) in [6.07, 6.45) is 1.75. The molecule has 0 heterocycles. The maximum Gasteiger partial charge on any atom is 0.150 e. The van der Waals surface area contributed by atoms with Crippen LogP contribution in [-0.4, -0.2) is 6.29 Å². The van der Waals surface area contributed by atoms with Gasteiger partial charge in [0.15, 0.2) is 0 Å². The molecule has 0 radical (unpaired) electrons. The maximum absolute atomic E-state index is 10.6. The molecule has 0 aliphatic heterocycles. The number of carbonyl (C=O) groups excluding carboxylic acids is 1. The van der Waals surface area contributed by atoms with Crippen LogP contribution in [0.4, 0.5) is 0 Å². The van der Waals surface area contributed by atoms with E-state index < -0.39 is 0 Å². The van der Waals surface area contributed by atoms with E-state index in [0.29, 0.717) is 16.3 Å². The molecule has 0 atom stereocenters. The Balaban J connectivity index is 2.19. The first-order valence-corrected chi connectivity index (χ1v) is 6.12. The topological polar surface area (TPSA) is 26.3 Å². The van der Waals surface area contributed by atoms with E-state index in [0.717, 1.165) is 18.5 Å². The van der Waals surface area contributed by atoms with E-state index in [2.05, 4.69) is 6.92 Å². The fourth-order valence-corrected chi connectivity index (χ4v) is 1.82. The van der Waals surface area contributed by atoms with Crippen LogP contribution in [0.5, 0.6) is 11.5 Å². The molecule has 2 aromatic rings. The SMILES string of the molecule is CCc1ccc(Oc2ccc(C=O)cc2Cl)cc1. The molecule has 0 aromatic heterocycles. The molecular weight excluding hydrogens is 248 g/mol. The van der Waals surface area contributed by atoms with E-state index in [1.54, 1.807) is 18.2 Å². The summed E-state index contributed by atoms with van der Waals surface area (Å²) in [6, 6.07) is 12.8. The van der Waals surface area contributed by atoms with Crippen LogP contribution < -0.4 is 4.74 Å². The molecule has 0 aliphatic carbocycles. The summed E-state index contributed by atoms with van der Waals surface area (Å²) >= 11 is 6.03. The van der Waals surface area contributed by atoms with Crippen LogP contribution in [0.3, 0.4) is 0 Å². The first kappa shape index (κ1) is 12.7. The lowest BCUT2D eigenvalue weighted by Gasteiger charge is -2.08. The predicted octanol–water partition coefficient (Wildman–Crippen LogP) is 4.51. The Morgan fingerprint density at radius 3 is 2.44 bits per heavy atom. The molecule has 0 saturated carbocycles. The normalized spacial score (nSPS) is 10.1. The van der Waals surface area contributed by atoms with Crippen molar-refractivity contribution < 1.29 is 9.53 Å². The molecule has 0 unspecified atom stereocenters. The number of hydrogen-bond donors (Lipinski definition) is 0. The minimum Gasteiger partial charge on any atom is -0.456 e. The van der Waals surface area contributed by atoms with E-state index in [1.165, 1.54) is 5.56 Å². The highest BCUT2D eigenvalue weighted by atomic mass is 35.5. The Morgan fingerprint density at radius 1 is 1.17 bits per heavy atom. The highest BCUT2D eigenvalue weighted by Gasteiger charge is 2.04. The quantitative estimate of drug-likeness (QED) is 0.756. The van der Waals surface area contributed by atoms with Gasteiger partial charge in [0.2, 0.25) is 0 Å². The van der Waals surface area contributed by atoms with Gasteiger partial charge in [-0.05, 0) is 42.3 Å². The van der Waals surface area contributed by atoms with Crippen LogP contribution in [0, 0.1) is 0 Å². The monoisotopic (exact) mass is 260 g/mol. The number of ether oxygens (including phenoxy) is 1. The molecule has 0 bridgehead atoms. The number of aldehydes is 1. The summed E-state index contributed by atoms with van der Waals surface area (Å²) in [5, 5.41) is 0.430. The standard InChI is InChI=1S/C15H13ClO2/c1-2-11-3-6-13(7-4-11)18-15-8-5-12(10-17)9-14(15)16/h3-10H,2H2,1H3. The van der Waals surface area contributed by atoms with Gasteiger partial charge in [0, 0.05) is 5.56 Å². The third-order valence-corrected chi connectivity index (χ3v) is 2.95. The van der Waals surface area contributed by atoms with Crippen LogP contribution in [0.2, 0.25) is 5.02 Å². The third kappa shape index (κ3) is 2.90. The molecule has 0 amide bonds. The predicted molar refractivity (Wildman–Crippen MR) is 72.7 cm³/mol. The van der Waals surface area contributed by atoms with Gasteiger partial charge in [-0.2, -0.15) is 0 Å². The van der Waals surface area contributed by atoms with Crippen molar-refractivity contribution in [3.63, 3.8) is 0 Å². The smallest absolute Gasteiger partial charge is 0.150 e. The van der Waals surface area contributed by atoms with Crippen molar-refractivity contribution in [2.75, 3.05) is 0 Å². The van der Waals surface area contributed by atoms with Crippen molar-refractivity contribution in [3.05, 3.63) is 58.6 Å². The van der Waals surface area contributed by atoms with Gasteiger partial charge in [0.1, 0.15) is 17.8 Å². The highest BCUT2D eigenvalue weighted by molar-refractivity contribution is 6.32. The van der Waals surface area contributed by atoms with Gasteiger partial charge in [-0.25, -0.2) is 0 Å². The minimum absolute atomic E-state index is 0.430. The molecule has 0 N–H and O–H groups in total. The van der Waals surface area contributed by atoms with Crippen molar-refractivity contribution in [1.82, 2.24) is 0 Å². The van der Waals surface area contributed by atoms with Gasteiger partial charge in [0.05, 0.1) is 5.02 Å². The van der Waals surface area contributed by atoms with Crippen molar-refractivity contribution in [3.8, 4) is 11.5 Å². The van der Waals surface area contributed by atoms with E-state index in [-0.39, 0.29) is 0 Å². The van der Waals surface area contributed by atoms with Gasteiger partial charge in [-0.15, -0.1) is 0 Å². The second-order valence-corrected chi connectivity index (χ2v) is 4.31. The molecule has 0 aliphatic rings. The van der Waals surface area contributed by atoms with Crippen LogP contribution in [0.15, 0.2) is 42.5 Å². The fraction of sp³-hybridized carbons (Fsp3) is 0.133. The lowest BCUT2D eigenvalue weighted by Crippen LogP contribution is -1.88. The van der Waals surface area contributed by atoms with Crippen LogP contribution >= 0.6 is 11.6 Å². The lowest BCUT2D eigenvalue weighted by atomic mass is 10.2. The first-order chi connectivity index (χ1) is 8.72. The number of carbonyl (C=O) groups is 1. The van der Waals surface area contributed by atoms with Gasteiger partial charge in [0.25, 0.3) is 0 Å². The van der Waals surface area contributed by atoms with Gasteiger partial charge in [-0.3, -0.25) is 4.79 Å². The highest BCUT2D eigenvalue weighted by Crippen LogP contribution is 2.29. The van der Waals surface area contributed by atoms with Crippen molar-refractivity contribution in [1.29, 1.82) is 0 Å². The molecule has 0 fully saturated rings. The Bertz CT molecular complexity index is 547. The Labute approximate surface area is 111 Å². The van der Waals surface area contributed by atoms with Gasteiger partial charge in [-0.1, -0.05) is 30.7 Å². The van der Waals surface area contributed by atoms with Crippen LogP contribution in [0.25, 0.3) is 0 Å². The van der Waals surface area contributed by atoms with E-state index in [1.807, 2.05) is 24.3 Å². The maximum atomic E-state index is 10.6. The Hall–Kier alpha value is -1.80. The molecule has 2 rings (SSSR count). The van der Waals surface area contributed by atoms with Crippen molar-refractivity contribution in [2.45, 2.75) is 13.3 Å². The molecule has 0 spiro atoms. The van der Waals surface area contributed by atoms with Crippen molar-refractivity contribution >= 4 is 17.9 Å². The second kappa shape index (κ2) is 5.69. The van der Waals surface area contributed by atoms with Crippen molar-refractivity contribution in [2.24, 2.45) is 0 Å². The largest absolute Gasteiger partial charge is 0.456 e. The van der Waals surface area contributed by atoms with Gasteiger partial charge >= 0.3 is 0 Å². The summed E-state index contributed by atoms with van der Waals surface area (Å²) < 4.78 is 5.66. The Morgan fingerprint density at radius 2 is 1.89 bits per heavy atom. The second-order valence-electron chi connectivity index (χ2n) is 3.91. The Kier molecular flexibility index (Phi) is 4.00. The molecule has 0 saturated heterocycles.